The van der Waals surface area contributed by atoms with Crippen molar-refractivity contribution in [1.29, 1.82) is 0 Å². The minimum absolute atomic E-state index is 0.0760. The van der Waals surface area contributed by atoms with Crippen LogP contribution in [0.4, 0.5) is 18.9 Å². The molecule has 1 aliphatic heterocycles. The van der Waals surface area contributed by atoms with Crippen molar-refractivity contribution in [3.63, 3.8) is 0 Å². The number of hydrogen-bond acceptors (Lipinski definition) is 2. The molecule has 112 valence electrons. The first-order valence-electron chi connectivity index (χ1n) is 7.12. The maximum Gasteiger partial charge on any atom is 0.393 e. The molecule has 2 rings (SSSR count). The van der Waals surface area contributed by atoms with Crippen LogP contribution in [0.15, 0.2) is 24.3 Å². The van der Waals surface area contributed by atoms with Crippen LogP contribution in [0.25, 0.3) is 0 Å². The summed E-state index contributed by atoms with van der Waals surface area (Å²) in [4.78, 5) is 1.88. The lowest BCUT2D eigenvalue weighted by atomic mass is 9.96. The molecule has 1 atom stereocenters. The molecular weight excluding hydrogens is 265 g/mol. The normalized spacial score (nSPS) is 20.2. The van der Waals surface area contributed by atoms with E-state index in [0.717, 1.165) is 17.8 Å². The van der Waals surface area contributed by atoms with Gasteiger partial charge >= 0.3 is 6.18 Å². The van der Waals surface area contributed by atoms with Gasteiger partial charge in [-0.05, 0) is 31.0 Å². The number of halogens is 3. The Balaban J connectivity index is 2.14. The van der Waals surface area contributed by atoms with Gasteiger partial charge in [-0.2, -0.15) is 13.2 Å². The second kappa shape index (κ2) is 6.48. The number of piperidine rings is 1. The Morgan fingerprint density at radius 1 is 1.30 bits per heavy atom. The second-order valence-electron chi connectivity index (χ2n) is 5.24. The van der Waals surface area contributed by atoms with Gasteiger partial charge in [0.25, 0.3) is 0 Å². The van der Waals surface area contributed by atoms with E-state index in [1.807, 2.05) is 36.1 Å². The quantitative estimate of drug-likeness (QED) is 0.910. The van der Waals surface area contributed by atoms with E-state index in [4.69, 9.17) is 0 Å². The highest BCUT2D eigenvalue weighted by Crippen LogP contribution is 2.35. The number of benzene rings is 1. The van der Waals surface area contributed by atoms with Crippen LogP contribution in [0.2, 0.25) is 0 Å². The molecule has 2 nitrogen and oxygen atoms in total. The van der Waals surface area contributed by atoms with Crippen LogP contribution in [-0.2, 0) is 6.54 Å². The zero-order chi connectivity index (χ0) is 14.6. The molecule has 1 aliphatic rings. The number of nitrogens with zero attached hydrogens (tertiary/aromatic N) is 1. The van der Waals surface area contributed by atoms with Crippen LogP contribution in [0.1, 0.15) is 25.3 Å². The van der Waals surface area contributed by atoms with Gasteiger partial charge in [0.05, 0.1) is 5.92 Å². The third-order valence-corrected chi connectivity index (χ3v) is 3.78. The monoisotopic (exact) mass is 286 g/mol. The first kappa shape index (κ1) is 15.2. The average Bonchev–Trinajstić information content (AvgIpc) is 2.45. The summed E-state index contributed by atoms with van der Waals surface area (Å²) in [5, 5.41) is 3.24. The van der Waals surface area contributed by atoms with Crippen molar-refractivity contribution in [1.82, 2.24) is 5.32 Å². The fourth-order valence-corrected chi connectivity index (χ4v) is 2.69. The molecule has 0 aliphatic carbocycles. The molecule has 1 fully saturated rings. The lowest BCUT2D eigenvalue weighted by Crippen LogP contribution is -2.42. The molecule has 1 saturated heterocycles. The van der Waals surface area contributed by atoms with Crippen LogP contribution < -0.4 is 10.2 Å². The van der Waals surface area contributed by atoms with E-state index in [1.165, 1.54) is 0 Å². The molecule has 0 aromatic heterocycles. The van der Waals surface area contributed by atoms with Crippen molar-refractivity contribution < 1.29 is 13.2 Å². The molecule has 0 bridgehead atoms. The van der Waals surface area contributed by atoms with Gasteiger partial charge in [-0.3, -0.25) is 0 Å². The Hall–Kier alpha value is -1.23. The van der Waals surface area contributed by atoms with E-state index in [9.17, 15) is 13.2 Å². The van der Waals surface area contributed by atoms with Crippen molar-refractivity contribution in [3.8, 4) is 0 Å². The minimum Gasteiger partial charge on any atom is -0.371 e. The van der Waals surface area contributed by atoms with E-state index in [2.05, 4.69) is 5.32 Å². The van der Waals surface area contributed by atoms with Crippen LogP contribution in [0, 0.1) is 5.92 Å². The number of para-hydroxylation sites is 1. The predicted molar refractivity (Wildman–Crippen MR) is 74.8 cm³/mol. The molecule has 0 spiro atoms. The molecule has 0 saturated carbocycles. The standard InChI is InChI=1S/C15H21F3N2/c1-2-19-10-12-6-3-4-8-14(12)20-9-5-7-13(11-20)15(16,17)18/h3-4,6,8,13,19H,2,5,7,9-11H2,1H3. The number of alkyl halides is 3. The highest BCUT2D eigenvalue weighted by Gasteiger charge is 2.41. The van der Waals surface area contributed by atoms with E-state index in [0.29, 0.717) is 19.5 Å². The van der Waals surface area contributed by atoms with E-state index >= 15 is 0 Å². The Bertz CT molecular complexity index is 431. The Labute approximate surface area is 118 Å². The highest BCUT2D eigenvalue weighted by molar-refractivity contribution is 5.54. The summed E-state index contributed by atoms with van der Waals surface area (Å²) in [6.45, 7) is 4.34. The fourth-order valence-electron chi connectivity index (χ4n) is 2.69. The zero-order valence-corrected chi connectivity index (χ0v) is 11.7. The van der Waals surface area contributed by atoms with Crippen LogP contribution in [-0.4, -0.2) is 25.8 Å². The lowest BCUT2D eigenvalue weighted by Gasteiger charge is -2.36. The Morgan fingerprint density at radius 3 is 2.75 bits per heavy atom. The van der Waals surface area contributed by atoms with Crippen LogP contribution in [0.3, 0.4) is 0 Å². The van der Waals surface area contributed by atoms with Crippen LogP contribution in [0.5, 0.6) is 0 Å². The zero-order valence-electron chi connectivity index (χ0n) is 11.7. The van der Waals surface area contributed by atoms with Gasteiger partial charge in [0, 0.05) is 25.3 Å². The number of nitrogens with one attached hydrogen (secondary N) is 1. The Morgan fingerprint density at radius 2 is 2.05 bits per heavy atom. The van der Waals surface area contributed by atoms with Crippen molar-refractivity contribution in [2.45, 2.75) is 32.5 Å². The molecule has 1 unspecified atom stereocenters. The fraction of sp³-hybridized carbons (Fsp3) is 0.600. The lowest BCUT2D eigenvalue weighted by molar-refractivity contribution is -0.176. The van der Waals surface area contributed by atoms with Gasteiger partial charge < -0.3 is 10.2 Å². The summed E-state index contributed by atoms with van der Waals surface area (Å²) in [5.41, 5.74) is 2.00. The van der Waals surface area contributed by atoms with Gasteiger partial charge in [0.1, 0.15) is 0 Å². The third-order valence-electron chi connectivity index (χ3n) is 3.78. The molecule has 5 heteroatoms. The summed E-state index contributed by atoms with van der Waals surface area (Å²) in [6, 6.07) is 7.73. The van der Waals surface area contributed by atoms with Crippen molar-refractivity contribution >= 4 is 5.69 Å². The summed E-state index contributed by atoms with van der Waals surface area (Å²) < 4.78 is 38.7. The first-order valence-corrected chi connectivity index (χ1v) is 7.12. The second-order valence-corrected chi connectivity index (χ2v) is 5.24. The maximum atomic E-state index is 12.9. The number of hydrogen-bond donors (Lipinski definition) is 1. The van der Waals surface area contributed by atoms with E-state index in [1.54, 1.807) is 0 Å². The van der Waals surface area contributed by atoms with Gasteiger partial charge in [-0.25, -0.2) is 0 Å². The summed E-state index contributed by atoms with van der Waals surface area (Å²) >= 11 is 0. The molecule has 1 aromatic carbocycles. The predicted octanol–water partition coefficient (Wildman–Crippen LogP) is 3.57. The van der Waals surface area contributed by atoms with E-state index < -0.39 is 12.1 Å². The molecule has 1 N–H and O–H groups in total. The molecule has 1 heterocycles. The molecular formula is C15H21F3N2. The van der Waals surface area contributed by atoms with Crippen molar-refractivity contribution in [2.75, 3.05) is 24.5 Å². The van der Waals surface area contributed by atoms with Gasteiger partial charge in [-0.1, -0.05) is 25.1 Å². The minimum atomic E-state index is -4.09. The van der Waals surface area contributed by atoms with Crippen LogP contribution >= 0.6 is 0 Å². The summed E-state index contributed by atoms with van der Waals surface area (Å²) in [6.07, 6.45) is -3.25. The van der Waals surface area contributed by atoms with Crippen molar-refractivity contribution in [3.05, 3.63) is 29.8 Å². The summed E-state index contributed by atoms with van der Waals surface area (Å²) in [7, 11) is 0. The molecule has 0 radical (unpaired) electrons. The maximum absolute atomic E-state index is 12.9. The van der Waals surface area contributed by atoms with E-state index in [-0.39, 0.29) is 13.0 Å². The first-order chi connectivity index (χ1) is 9.52. The SMILES string of the molecule is CCNCc1ccccc1N1CCCC(C(F)(F)F)C1. The number of rotatable bonds is 4. The molecule has 1 aromatic rings. The largest absolute Gasteiger partial charge is 0.393 e. The van der Waals surface area contributed by atoms with Gasteiger partial charge in [0.2, 0.25) is 0 Å². The average molecular weight is 286 g/mol. The topological polar surface area (TPSA) is 15.3 Å². The molecule has 0 amide bonds. The Kier molecular flexibility index (Phi) is 4.91. The van der Waals surface area contributed by atoms with Gasteiger partial charge in [0.15, 0.2) is 0 Å². The number of anilines is 1. The molecule has 20 heavy (non-hydrogen) atoms. The van der Waals surface area contributed by atoms with Crippen molar-refractivity contribution in [2.24, 2.45) is 5.92 Å². The smallest absolute Gasteiger partial charge is 0.371 e. The highest BCUT2D eigenvalue weighted by atomic mass is 19.4. The summed E-state index contributed by atoms with van der Waals surface area (Å²) in [5.74, 6) is -1.21. The van der Waals surface area contributed by atoms with Gasteiger partial charge in [-0.15, -0.1) is 0 Å². The third kappa shape index (κ3) is 3.66.